The van der Waals surface area contributed by atoms with Crippen LogP contribution in [-0.2, 0) is 14.8 Å². The molecule has 2 heterocycles. The van der Waals surface area contributed by atoms with E-state index < -0.39 is 10.0 Å². The summed E-state index contributed by atoms with van der Waals surface area (Å²) in [5, 5.41) is 3.99. The molecule has 24 heavy (non-hydrogen) atoms. The highest BCUT2D eigenvalue weighted by Gasteiger charge is 2.29. The number of piperidine rings is 1. The Bertz CT molecular complexity index is 802. The molecule has 1 aromatic carbocycles. The van der Waals surface area contributed by atoms with Crippen molar-refractivity contribution < 1.29 is 17.6 Å². The van der Waals surface area contributed by atoms with E-state index >= 15 is 0 Å². The molecule has 7 heteroatoms. The van der Waals surface area contributed by atoms with Crippen LogP contribution in [-0.4, -0.2) is 38.0 Å². The minimum Gasteiger partial charge on any atom is -0.459 e. The van der Waals surface area contributed by atoms with E-state index in [-0.39, 0.29) is 17.9 Å². The number of para-hydroxylation sites is 1. The van der Waals surface area contributed by atoms with Gasteiger partial charge in [-0.05, 0) is 31.9 Å². The number of amides is 1. The van der Waals surface area contributed by atoms with Gasteiger partial charge in [0.2, 0.25) is 15.9 Å². The van der Waals surface area contributed by atoms with Crippen molar-refractivity contribution in [3.63, 3.8) is 0 Å². The van der Waals surface area contributed by atoms with Crippen LogP contribution in [0.15, 0.2) is 34.7 Å². The van der Waals surface area contributed by atoms with Crippen LogP contribution in [0.25, 0.3) is 11.0 Å². The number of carbonyl (C=O) groups is 1. The zero-order valence-electron chi connectivity index (χ0n) is 13.9. The Morgan fingerprint density at radius 3 is 2.58 bits per heavy atom. The van der Waals surface area contributed by atoms with Crippen LogP contribution in [0.3, 0.4) is 0 Å². The largest absolute Gasteiger partial charge is 0.459 e. The topological polar surface area (TPSA) is 79.6 Å². The predicted molar refractivity (Wildman–Crippen MR) is 91.9 cm³/mol. The zero-order chi connectivity index (χ0) is 17.3. The molecule has 1 saturated heterocycles. The van der Waals surface area contributed by atoms with Gasteiger partial charge in [-0.2, -0.15) is 0 Å². The van der Waals surface area contributed by atoms with Gasteiger partial charge in [0.25, 0.3) is 0 Å². The number of furan rings is 1. The first-order chi connectivity index (χ1) is 11.3. The van der Waals surface area contributed by atoms with Crippen LogP contribution in [0.1, 0.15) is 31.6 Å². The van der Waals surface area contributed by atoms with Gasteiger partial charge in [0.15, 0.2) is 0 Å². The third kappa shape index (κ3) is 3.62. The van der Waals surface area contributed by atoms with Crippen LogP contribution in [0.4, 0.5) is 0 Å². The fourth-order valence-corrected chi connectivity index (χ4v) is 3.94. The zero-order valence-corrected chi connectivity index (χ0v) is 14.7. The third-order valence-electron chi connectivity index (χ3n) is 4.52. The van der Waals surface area contributed by atoms with E-state index in [0.29, 0.717) is 25.9 Å². The average molecular weight is 350 g/mol. The molecule has 0 aliphatic carbocycles. The maximum absolute atomic E-state index is 12.4. The van der Waals surface area contributed by atoms with E-state index in [1.165, 1.54) is 10.6 Å². The monoisotopic (exact) mass is 350 g/mol. The van der Waals surface area contributed by atoms with Crippen LogP contribution in [0.2, 0.25) is 0 Å². The van der Waals surface area contributed by atoms with E-state index in [1.807, 2.05) is 37.3 Å². The Labute approximate surface area is 141 Å². The highest BCUT2D eigenvalue weighted by molar-refractivity contribution is 7.88. The number of hydrogen-bond donors (Lipinski definition) is 1. The molecule has 6 nitrogen and oxygen atoms in total. The van der Waals surface area contributed by atoms with Crippen molar-refractivity contribution in [2.24, 2.45) is 5.92 Å². The lowest BCUT2D eigenvalue weighted by Crippen LogP contribution is -2.43. The summed E-state index contributed by atoms with van der Waals surface area (Å²) in [5.41, 5.74) is 0.801. The van der Waals surface area contributed by atoms with Crippen LogP contribution < -0.4 is 5.32 Å². The van der Waals surface area contributed by atoms with Gasteiger partial charge in [-0.15, -0.1) is 0 Å². The molecule has 3 rings (SSSR count). The first kappa shape index (κ1) is 17.0. The molecule has 2 aromatic rings. The molecule has 1 aliphatic rings. The Morgan fingerprint density at radius 1 is 1.29 bits per heavy atom. The number of nitrogens with zero attached hydrogens (tertiary/aromatic N) is 1. The molecule has 1 fully saturated rings. The van der Waals surface area contributed by atoms with Gasteiger partial charge in [0, 0.05) is 24.4 Å². The molecule has 1 aromatic heterocycles. The second kappa shape index (κ2) is 6.57. The first-order valence-electron chi connectivity index (χ1n) is 8.08. The highest BCUT2D eigenvalue weighted by atomic mass is 32.2. The van der Waals surface area contributed by atoms with Gasteiger partial charge in [-0.3, -0.25) is 4.79 Å². The van der Waals surface area contributed by atoms with Crippen molar-refractivity contribution in [1.82, 2.24) is 9.62 Å². The lowest BCUT2D eigenvalue weighted by molar-refractivity contribution is -0.126. The van der Waals surface area contributed by atoms with Crippen molar-refractivity contribution in [1.29, 1.82) is 0 Å². The number of fused-ring (bicyclic) bond motifs is 1. The average Bonchev–Trinajstić information content (AvgIpc) is 2.98. The van der Waals surface area contributed by atoms with Gasteiger partial charge in [0.05, 0.1) is 12.3 Å². The van der Waals surface area contributed by atoms with E-state index in [2.05, 4.69) is 5.32 Å². The Balaban J connectivity index is 1.60. The summed E-state index contributed by atoms with van der Waals surface area (Å²) in [6.07, 6.45) is 2.30. The van der Waals surface area contributed by atoms with E-state index in [1.54, 1.807) is 0 Å². The summed E-state index contributed by atoms with van der Waals surface area (Å²) in [4.78, 5) is 12.4. The maximum Gasteiger partial charge on any atom is 0.223 e. The Kier molecular flexibility index (Phi) is 4.64. The summed E-state index contributed by atoms with van der Waals surface area (Å²) in [6.45, 7) is 2.69. The predicted octanol–water partition coefficient (Wildman–Crippen LogP) is 2.28. The molecule has 0 radical (unpaired) electrons. The molecule has 1 aliphatic heterocycles. The van der Waals surface area contributed by atoms with Gasteiger partial charge >= 0.3 is 0 Å². The van der Waals surface area contributed by atoms with Gasteiger partial charge in [-0.25, -0.2) is 12.7 Å². The molecular weight excluding hydrogens is 328 g/mol. The van der Waals surface area contributed by atoms with Crippen molar-refractivity contribution in [2.45, 2.75) is 25.8 Å². The van der Waals surface area contributed by atoms with Crippen LogP contribution >= 0.6 is 0 Å². The SMILES string of the molecule is CC(NC(=O)C1CCN(S(C)(=O)=O)CC1)c1cc2ccccc2o1. The normalized spacial score (nSPS) is 18.6. The van der Waals surface area contributed by atoms with Crippen LogP contribution in [0.5, 0.6) is 0 Å². The summed E-state index contributed by atoms with van der Waals surface area (Å²) < 4.78 is 30.3. The van der Waals surface area contributed by atoms with Crippen LogP contribution in [0, 0.1) is 5.92 Å². The summed E-state index contributed by atoms with van der Waals surface area (Å²) >= 11 is 0. The van der Waals surface area contributed by atoms with Crippen molar-refractivity contribution in [3.8, 4) is 0 Å². The maximum atomic E-state index is 12.4. The molecule has 1 atom stereocenters. The minimum atomic E-state index is -3.17. The van der Waals surface area contributed by atoms with E-state index in [9.17, 15) is 13.2 Å². The number of sulfonamides is 1. The van der Waals surface area contributed by atoms with Gasteiger partial charge in [-0.1, -0.05) is 18.2 Å². The fourth-order valence-electron chi connectivity index (χ4n) is 3.07. The summed E-state index contributed by atoms with van der Waals surface area (Å²) in [5.74, 6) is 0.518. The minimum absolute atomic E-state index is 0.0453. The second-order valence-corrected chi connectivity index (χ2v) is 8.34. The van der Waals surface area contributed by atoms with E-state index in [0.717, 1.165) is 16.7 Å². The summed E-state index contributed by atoms with van der Waals surface area (Å²) in [6, 6.07) is 9.44. The number of carbonyl (C=O) groups excluding carboxylic acids is 1. The number of benzene rings is 1. The third-order valence-corrected chi connectivity index (χ3v) is 5.83. The molecule has 0 bridgehead atoms. The van der Waals surface area contributed by atoms with Gasteiger partial charge < -0.3 is 9.73 Å². The fraction of sp³-hybridized carbons (Fsp3) is 0.471. The Hall–Kier alpha value is -1.86. The van der Waals surface area contributed by atoms with E-state index in [4.69, 9.17) is 4.42 Å². The quantitative estimate of drug-likeness (QED) is 0.917. The molecule has 1 unspecified atom stereocenters. The van der Waals surface area contributed by atoms with Crippen molar-refractivity contribution in [3.05, 3.63) is 36.1 Å². The standard InChI is InChI=1S/C17H22N2O4S/c1-12(16-11-14-5-3-4-6-15(14)23-16)18-17(20)13-7-9-19(10-8-13)24(2,21)22/h3-6,11-13H,7-10H2,1-2H3,(H,18,20). The molecule has 130 valence electrons. The lowest BCUT2D eigenvalue weighted by Gasteiger charge is -2.30. The van der Waals surface area contributed by atoms with Gasteiger partial charge in [0.1, 0.15) is 11.3 Å². The second-order valence-electron chi connectivity index (χ2n) is 6.35. The smallest absolute Gasteiger partial charge is 0.223 e. The highest BCUT2D eigenvalue weighted by Crippen LogP contribution is 2.25. The lowest BCUT2D eigenvalue weighted by atomic mass is 9.97. The molecule has 1 N–H and O–H groups in total. The summed E-state index contributed by atoms with van der Waals surface area (Å²) in [7, 11) is -3.17. The number of nitrogens with one attached hydrogen (secondary N) is 1. The number of rotatable bonds is 4. The molecular formula is C17H22N2O4S. The number of hydrogen-bond acceptors (Lipinski definition) is 4. The first-order valence-corrected chi connectivity index (χ1v) is 9.93. The molecule has 0 spiro atoms. The van der Waals surface area contributed by atoms with Crippen molar-refractivity contribution >= 4 is 26.9 Å². The molecule has 1 amide bonds. The Morgan fingerprint density at radius 2 is 1.96 bits per heavy atom. The molecule has 0 saturated carbocycles. The van der Waals surface area contributed by atoms with Crippen molar-refractivity contribution in [2.75, 3.05) is 19.3 Å².